The van der Waals surface area contributed by atoms with Crippen LogP contribution in [0.1, 0.15) is 15.9 Å². The first-order valence-electron chi connectivity index (χ1n) is 4.06. The topological polar surface area (TPSA) is 32.9 Å². The zero-order valence-electron chi connectivity index (χ0n) is 7.40. The average Bonchev–Trinajstić information content (AvgIpc) is 2.49. The molecule has 0 spiro atoms. The summed E-state index contributed by atoms with van der Waals surface area (Å²) >= 11 is 11.8. The van der Waals surface area contributed by atoms with E-state index < -0.39 is 0 Å². The standard InChI is InChI=1S/C10H7Cl2NO/c1-5-8(11)3-2-6-7(4-14)10(12)13-9(5)6/h2-4,13H,1H3. The number of hydrogen-bond acceptors (Lipinski definition) is 1. The molecule has 1 heterocycles. The largest absolute Gasteiger partial charge is 0.345 e. The molecule has 1 N–H and O–H groups in total. The predicted octanol–water partition coefficient (Wildman–Crippen LogP) is 3.60. The van der Waals surface area contributed by atoms with Crippen molar-refractivity contribution in [3.05, 3.63) is 33.4 Å². The molecule has 72 valence electrons. The lowest BCUT2D eigenvalue weighted by Gasteiger charge is -1.98. The van der Waals surface area contributed by atoms with Gasteiger partial charge in [0.25, 0.3) is 0 Å². The van der Waals surface area contributed by atoms with Gasteiger partial charge in [-0.05, 0) is 18.6 Å². The van der Waals surface area contributed by atoms with Crippen molar-refractivity contribution in [1.82, 2.24) is 4.98 Å². The number of aromatic amines is 1. The Bertz CT molecular complexity index is 516. The third-order valence-corrected chi connectivity index (χ3v) is 2.99. The van der Waals surface area contributed by atoms with Crippen molar-refractivity contribution < 1.29 is 4.79 Å². The molecule has 4 heteroatoms. The molecule has 0 aliphatic heterocycles. The zero-order valence-corrected chi connectivity index (χ0v) is 8.91. The second kappa shape index (κ2) is 3.30. The molecular formula is C10H7Cl2NO. The van der Waals surface area contributed by atoms with Crippen molar-refractivity contribution in [3.63, 3.8) is 0 Å². The van der Waals surface area contributed by atoms with Gasteiger partial charge >= 0.3 is 0 Å². The number of aryl methyl sites for hydroxylation is 1. The van der Waals surface area contributed by atoms with Crippen molar-refractivity contribution in [2.24, 2.45) is 0 Å². The molecule has 0 aliphatic rings. The van der Waals surface area contributed by atoms with E-state index in [1.54, 1.807) is 12.1 Å². The fraction of sp³-hybridized carbons (Fsp3) is 0.100. The van der Waals surface area contributed by atoms with Crippen LogP contribution in [-0.2, 0) is 0 Å². The van der Waals surface area contributed by atoms with Gasteiger partial charge in [0.15, 0.2) is 6.29 Å². The summed E-state index contributed by atoms with van der Waals surface area (Å²) in [6, 6.07) is 3.55. The molecule has 0 saturated carbocycles. The number of rotatable bonds is 1. The van der Waals surface area contributed by atoms with E-state index in [9.17, 15) is 4.79 Å². The van der Waals surface area contributed by atoms with Crippen molar-refractivity contribution >= 4 is 40.4 Å². The molecule has 14 heavy (non-hydrogen) atoms. The van der Waals surface area contributed by atoms with E-state index in [4.69, 9.17) is 23.2 Å². The smallest absolute Gasteiger partial charge is 0.153 e. The van der Waals surface area contributed by atoms with Crippen LogP contribution in [0.4, 0.5) is 0 Å². The van der Waals surface area contributed by atoms with Crippen LogP contribution in [0.25, 0.3) is 10.9 Å². The van der Waals surface area contributed by atoms with Gasteiger partial charge in [0.1, 0.15) is 5.15 Å². The first-order valence-corrected chi connectivity index (χ1v) is 4.82. The van der Waals surface area contributed by atoms with E-state index in [2.05, 4.69) is 4.98 Å². The molecule has 1 aromatic carbocycles. The highest BCUT2D eigenvalue weighted by Crippen LogP contribution is 2.30. The molecule has 1 aromatic heterocycles. The van der Waals surface area contributed by atoms with Gasteiger partial charge in [-0.3, -0.25) is 4.79 Å². The minimum absolute atomic E-state index is 0.361. The van der Waals surface area contributed by atoms with Crippen LogP contribution < -0.4 is 0 Å². The number of nitrogens with one attached hydrogen (secondary N) is 1. The summed E-state index contributed by atoms with van der Waals surface area (Å²) in [5.74, 6) is 0. The van der Waals surface area contributed by atoms with E-state index in [1.165, 1.54) is 0 Å². The summed E-state index contributed by atoms with van der Waals surface area (Å²) in [6.07, 6.45) is 0.745. The summed E-state index contributed by atoms with van der Waals surface area (Å²) in [6.45, 7) is 1.88. The van der Waals surface area contributed by atoms with Crippen LogP contribution in [0.2, 0.25) is 10.2 Å². The van der Waals surface area contributed by atoms with Crippen LogP contribution in [0.15, 0.2) is 12.1 Å². The first kappa shape index (κ1) is 9.56. The Hall–Kier alpha value is -0.990. The molecule has 2 rings (SSSR count). The maximum Gasteiger partial charge on any atom is 0.153 e. The fourth-order valence-electron chi connectivity index (χ4n) is 1.48. The van der Waals surface area contributed by atoms with Crippen LogP contribution in [0.3, 0.4) is 0 Å². The van der Waals surface area contributed by atoms with Gasteiger partial charge in [0, 0.05) is 10.4 Å². The highest BCUT2D eigenvalue weighted by molar-refractivity contribution is 6.35. The number of halogens is 2. The maximum absolute atomic E-state index is 10.8. The van der Waals surface area contributed by atoms with Crippen LogP contribution in [0.5, 0.6) is 0 Å². The Morgan fingerprint density at radius 1 is 1.36 bits per heavy atom. The molecule has 0 aliphatic carbocycles. The summed E-state index contributed by atoms with van der Waals surface area (Å²) in [7, 11) is 0. The number of fused-ring (bicyclic) bond motifs is 1. The van der Waals surface area contributed by atoms with Gasteiger partial charge in [-0.2, -0.15) is 0 Å². The Morgan fingerprint density at radius 3 is 2.71 bits per heavy atom. The SMILES string of the molecule is Cc1c(Cl)ccc2c(C=O)c(Cl)[nH]c12. The van der Waals surface area contributed by atoms with E-state index >= 15 is 0 Å². The Morgan fingerprint density at radius 2 is 2.07 bits per heavy atom. The number of aldehydes is 1. The Balaban J connectivity index is 2.93. The quantitative estimate of drug-likeness (QED) is 0.743. The van der Waals surface area contributed by atoms with Gasteiger partial charge in [0.05, 0.1) is 11.1 Å². The van der Waals surface area contributed by atoms with E-state index in [0.29, 0.717) is 15.7 Å². The van der Waals surface area contributed by atoms with Crippen LogP contribution >= 0.6 is 23.2 Å². The van der Waals surface area contributed by atoms with Gasteiger partial charge in [-0.1, -0.05) is 29.3 Å². The molecule has 2 nitrogen and oxygen atoms in total. The minimum atomic E-state index is 0.361. The molecule has 0 saturated heterocycles. The van der Waals surface area contributed by atoms with Crippen molar-refractivity contribution in [2.75, 3.05) is 0 Å². The lowest BCUT2D eigenvalue weighted by molar-refractivity contribution is 0.112. The normalized spacial score (nSPS) is 10.8. The molecule has 0 fully saturated rings. The molecule has 2 aromatic rings. The summed E-state index contributed by atoms with van der Waals surface area (Å²) in [5, 5.41) is 1.83. The molecule has 0 radical (unpaired) electrons. The summed E-state index contributed by atoms with van der Waals surface area (Å²) in [4.78, 5) is 13.7. The van der Waals surface area contributed by atoms with Crippen LogP contribution in [-0.4, -0.2) is 11.3 Å². The molecule has 0 bridgehead atoms. The molecule has 0 unspecified atom stereocenters. The maximum atomic E-state index is 10.8. The second-order valence-electron chi connectivity index (χ2n) is 3.07. The van der Waals surface area contributed by atoms with Gasteiger partial charge in [-0.15, -0.1) is 0 Å². The average molecular weight is 228 g/mol. The Labute approximate surface area is 90.8 Å². The third kappa shape index (κ3) is 1.22. The first-order chi connectivity index (χ1) is 6.65. The number of aromatic nitrogens is 1. The molecule has 0 amide bonds. The lowest BCUT2D eigenvalue weighted by atomic mass is 10.1. The minimum Gasteiger partial charge on any atom is -0.345 e. The van der Waals surface area contributed by atoms with Gasteiger partial charge in [0.2, 0.25) is 0 Å². The highest BCUT2D eigenvalue weighted by atomic mass is 35.5. The molecule has 0 atom stereocenters. The van der Waals surface area contributed by atoms with Crippen molar-refractivity contribution in [1.29, 1.82) is 0 Å². The number of carbonyl (C=O) groups excluding carboxylic acids is 1. The lowest BCUT2D eigenvalue weighted by Crippen LogP contribution is -1.79. The number of hydrogen-bond donors (Lipinski definition) is 1. The fourth-order valence-corrected chi connectivity index (χ4v) is 1.88. The van der Waals surface area contributed by atoms with E-state index in [1.807, 2.05) is 6.92 Å². The highest BCUT2D eigenvalue weighted by Gasteiger charge is 2.11. The van der Waals surface area contributed by atoms with Gasteiger partial charge in [-0.25, -0.2) is 0 Å². The van der Waals surface area contributed by atoms with E-state index in [-0.39, 0.29) is 0 Å². The molecular weight excluding hydrogens is 221 g/mol. The van der Waals surface area contributed by atoms with Crippen LogP contribution in [0, 0.1) is 6.92 Å². The summed E-state index contributed by atoms with van der Waals surface area (Å²) in [5.41, 5.74) is 2.21. The number of benzene rings is 1. The number of carbonyl (C=O) groups is 1. The van der Waals surface area contributed by atoms with Crippen molar-refractivity contribution in [3.8, 4) is 0 Å². The monoisotopic (exact) mass is 227 g/mol. The zero-order chi connectivity index (χ0) is 10.3. The van der Waals surface area contributed by atoms with E-state index in [0.717, 1.165) is 22.8 Å². The number of H-pyrrole nitrogens is 1. The van der Waals surface area contributed by atoms with Gasteiger partial charge < -0.3 is 4.98 Å². The third-order valence-electron chi connectivity index (χ3n) is 2.28. The summed E-state index contributed by atoms with van der Waals surface area (Å²) < 4.78 is 0. The van der Waals surface area contributed by atoms with Crippen molar-refractivity contribution in [2.45, 2.75) is 6.92 Å². The Kier molecular flexibility index (Phi) is 2.25. The predicted molar refractivity (Wildman–Crippen MR) is 58.4 cm³/mol. The second-order valence-corrected chi connectivity index (χ2v) is 3.85.